The number of thioether (sulfide) groups is 1. The highest BCUT2D eigenvalue weighted by molar-refractivity contribution is 8.00. The fourth-order valence-electron chi connectivity index (χ4n) is 5.92. The third-order valence-corrected chi connectivity index (χ3v) is 7.83. The van der Waals surface area contributed by atoms with Crippen LogP contribution in [-0.4, -0.2) is 43.1 Å². The van der Waals surface area contributed by atoms with E-state index in [1.165, 1.54) is 50.3 Å². The molecule has 0 radical (unpaired) electrons. The molecule has 146 valence electrons. The van der Waals surface area contributed by atoms with E-state index in [-0.39, 0.29) is 11.8 Å². The van der Waals surface area contributed by atoms with E-state index in [4.69, 9.17) is 0 Å². The molecule has 0 heterocycles. The van der Waals surface area contributed by atoms with Crippen molar-refractivity contribution in [2.75, 3.05) is 26.4 Å². The van der Waals surface area contributed by atoms with E-state index in [9.17, 15) is 9.59 Å². The summed E-state index contributed by atoms with van der Waals surface area (Å²) >= 11 is 1.45. The molecule has 4 nitrogen and oxygen atoms in total. The van der Waals surface area contributed by atoms with Gasteiger partial charge >= 0.3 is 0 Å². The average molecular weight is 387 g/mol. The van der Waals surface area contributed by atoms with Crippen LogP contribution in [0.25, 0.3) is 0 Å². The molecule has 5 heteroatoms. The van der Waals surface area contributed by atoms with Gasteiger partial charge < -0.3 is 10.2 Å². The number of amides is 2. The molecule has 4 aliphatic rings. The molecule has 0 unspecified atom stereocenters. The minimum atomic E-state index is 0.00569. The van der Waals surface area contributed by atoms with Crippen LogP contribution < -0.4 is 5.32 Å². The molecule has 0 saturated heterocycles. The molecule has 4 saturated carbocycles. The van der Waals surface area contributed by atoms with Crippen LogP contribution in [-0.2, 0) is 4.79 Å². The highest BCUT2D eigenvalue weighted by atomic mass is 32.2. The van der Waals surface area contributed by atoms with Crippen LogP contribution >= 0.6 is 11.8 Å². The Kier molecular flexibility index (Phi) is 5.23. The van der Waals surface area contributed by atoms with Crippen LogP contribution in [0.15, 0.2) is 29.2 Å². The summed E-state index contributed by atoms with van der Waals surface area (Å²) in [5.74, 6) is 3.11. The van der Waals surface area contributed by atoms with Crippen LogP contribution in [0.3, 0.4) is 0 Å². The summed E-state index contributed by atoms with van der Waals surface area (Å²) in [5.41, 5.74) is 1.03. The van der Waals surface area contributed by atoms with E-state index >= 15 is 0 Å². The number of hydrogen-bond acceptors (Lipinski definition) is 3. The van der Waals surface area contributed by atoms with Gasteiger partial charge in [-0.25, -0.2) is 0 Å². The molecule has 1 aromatic carbocycles. The van der Waals surface area contributed by atoms with Gasteiger partial charge in [-0.1, -0.05) is 12.1 Å². The van der Waals surface area contributed by atoms with Crippen LogP contribution in [0.1, 0.15) is 48.9 Å². The van der Waals surface area contributed by atoms with Crippen LogP contribution in [0.4, 0.5) is 0 Å². The number of nitrogens with one attached hydrogen (secondary N) is 1. The van der Waals surface area contributed by atoms with Gasteiger partial charge in [0.25, 0.3) is 5.91 Å². The van der Waals surface area contributed by atoms with E-state index in [0.29, 0.717) is 16.7 Å². The molecule has 4 bridgehead atoms. The van der Waals surface area contributed by atoms with Gasteiger partial charge in [-0.15, -0.1) is 11.8 Å². The molecule has 0 atom stereocenters. The van der Waals surface area contributed by atoms with Gasteiger partial charge in [0.05, 0.1) is 11.3 Å². The van der Waals surface area contributed by atoms with Crippen LogP contribution in [0, 0.1) is 23.2 Å². The van der Waals surface area contributed by atoms with Gasteiger partial charge in [-0.2, -0.15) is 0 Å². The third-order valence-electron chi connectivity index (χ3n) is 6.77. The van der Waals surface area contributed by atoms with Crippen molar-refractivity contribution in [1.29, 1.82) is 0 Å². The van der Waals surface area contributed by atoms with Gasteiger partial charge in [-0.05, 0) is 73.8 Å². The lowest BCUT2D eigenvalue weighted by Crippen LogP contribution is -2.51. The first-order valence-electron chi connectivity index (χ1n) is 10.1. The zero-order chi connectivity index (χ0) is 19.0. The maximum absolute atomic E-state index is 12.9. The average Bonchev–Trinajstić information content (AvgIpc) is 2.63. The lowest BCUT2D eigenvalue weighted by Gasteiger charge is -2.56. The first-order valence-corrected chi connectivity index (χ1v) is 11.1. The molecule has 2 amide bonds. The quantitative estimate of drug-likeness (QED) is 0.756. The SMILES string of the molecule is CN(C)C(=O)CSc1ccccc1C(=O)NCC12CC3CC(CC(C3)C1)C2. The number of hydrogen-bond donors (Lipinski definition) is 1. The van der Waals surface area contributed by atoms with Crippen LogP contribution in [0.2, 0.25) is 0 Å². The van der Waals surface area contributed by atoms with Crippen molar-refractivity contribution < 1.29 is 9.59 Å². The van der Waals surface area contributed by atoms with E-state index < -0.39 is 0 Å². The Hall–Kier alpha value is -1.49. The van der Waals surface area contributed by atoms with Gasteiger partial charge in [0.15, 0.2) is 0 Å². The Labute approximate surface area is 166 Å². The van der Waals surface area contributed by atoms with Gasteiger partial charge in [0.2, 0.25) is 5.91 Å². The van der Waals surface area contributed by atoms with Crippen molar-refractivity contribution in [2.24, 2.45) is 23.2 Å². The number of nitrogens with zero attached hydrogens (tertiary/aromatic N) is 1. The van der Waals surface area contributed by atoms with Gasteiger partial charge in [0, 0.05) is 25.5 Å². The second-order valence-electron chi connectivity index (χ2n) is 9.17. The number of carbonyl (C=O) groups is 2. The minimum absolute atomic E-state index is 0.00569. The Bertz CT molecular complexity index is 695. The number of carbonyl (C=O) groups excluding carboxylic acids is 2. The summed E-state index contributed by atoms with van der Waals surface area (Å²) in [6.07, 6.45) is 8.17. The normalized spacial score (nSPS) is 31.0. The maximum atomic E-state index is 12.9. The van der Waals surface area contributed by atoms with Crippen molar-refractivity contribution in [2.45, 2.75) is 43.4 Å². The molecule has 4 fully saturated rings. The zero-order valence-electron chi connectivity index (χ0n) is 16.4. The molecule has 1 aromatic rings. The standard InChI is InChI=1S/C22H30N2O2S/c1-24(2)20(25)13-27-19-6-4-3-5-18(19)21(26)23-14-22-10-15-7-16(11-22)9-17(8-15)12-22/h3-6,15-17H,7-14H2,1-2H3,(H,23,26). The smallest absolute Gasteiger partial charge is 0.252 e. The predicted molar refractivity (Wildman–Crippen MR) is 109 cm³/mol. The minimum Gasteiger partial charge on any atom is -0.351 e. The van der Waals surface area contributed by atoms with Crippen molar-refractivity contribution in [3.8, 4) is 0 Å². The molecule has 0 aromatic heterocycles. The highest BCUT2D eigenvalue weighted by Gasteiger charge is 2.50. The van der Waals surface area contributed by atoms with Crippen molar-refractivity contribution in [3.05, 3.63) is 29.8 Å². The Balaban J connectivity index is 1.39. The van der Waals surface area contributed by atoms with E-state index in [2.05, 4.69) is 5.32 Å². The molecule has 1 N–H and O–H groups in total. The highest BCUT2D eigenvalue weighted by Crippen LogP contribution is 2.59. The predicted octanol–water partition coefficient (Wildman–Crippen LogP) is 3.81. The number of rotatable bonds is 6. The van der Waals surface area contributed by atoms with Crippen molar-refractivity contribution in [3.63, 3.8) is 0 Å². The van der Waals surface area contributed by atoms with Gasteiger partial charge in [-0.3, -0.25) is 9.59 Å². The first kappa shape index (κ1) is 18.9. The Morgan fingerprint density at radius 3 is 2.26 bits per heavy atom. The summed E-state index contributed by atoms with van der Waals surface area (Å²) in [6, 6.07) is 7.64. The lowest BCUT2D eigenvalue weighted by molar-refractivity contribution is -0.125. The zero-order valence-corrected chi connectivity index (χ0v) is 17.2. The van der Waals surface area contributed by atoms with E-state index in [1.807, 2.05) is 24.3 Å². The molecule has 4 aliphatic carbocycles. The fraction of sp³-hybridized carbons (Fsp3) is 0.636. The molecule has 0 spiro atoms. The summed E-state index contributed by atoms with van der Waals surface area (Å²) in [6.45, 7) is 0.810. The Morgan fingerprint density at radius 2 is 1.67 bits per heavy atom. The van der Waals surface area contributed by atoms with E-state index in [0.717, 1.165) is 29.2 Å². The summed E-state index contributed by atoms with van der Waals surface area (Å²) in [5, 5.41) is 3.26. The molecule has 27 heavy (non-hydrogen) atoms. The number of benzene rings is 1. The molecule has 0 aliphatic heterocycles. The molecular formula is C22H30N2O2S. The fourth-order valence-corrected chi connectivity index (χ4v) is 6.95. The largest absolute Gasteiger partial charge is 0.351 e. The molecular weight excluding hydrogens is 356 g/mol. The van der Waals surface area contributed by atoms with Crippen LogP contribution in [0.5, 0.6) is 0 Å². The second kappa shape index (κ2) is 7.50. The summed E-state index contributed by atoms with van der Waals surface area (Å²) in [7, 11) is 3.51. The summed E-state index contributed by atoms with van der Waals surface area (Å²) in [4.78, 5) is 27.3. The first-order chi connectivity index (χ1) is 12.9. The maximum Gasteiger partial charge on any atom is 0.252 e. The van der Waals surface area contributed by atoms with Gasteiger partial charge in [0.1, 0.15) is 0 Å². The second-order valence-corrected chi connectivity index (χ2v) is 10.2. The van der Waals surface area contributed by atoms with Crippen molar-refractivity contribution in [1.82, 2.24) is 10.2 Å². The monoisotopic (exact) mass is 386 g/mol. The van der Waals surface area contributed by atoms with E-state index in [1.54, 1.807) is 19.0 Å². The molecule has 5 rings (SSSR count). The third kappa shape index (κ3) is 4.03. The summed E-state index contributed by atoms with van der Waals surface area (Å²) < 4.78 is 0. The lowest BCUT2D eigenvalue weighted by atomic mass is 9.49. The topological polar surface area (TPSA) is 49.4 Å². The Morgan fingerprint density at radius 1 is 1.07 bits per heavy atom. The van der Waals surface area contributed by atoms with Crippen molar-refractivity contribution >= 4 is 23.6 Å².